The Balaban J connectivity index is 1.75. The fraction of sp³-hybridized carbons (Fsp3) is 0.688. The summed E-state index contributed by atoms with van der Waals surface area (Å²) in [7, 11) is 0. The number of nitrogens with one attached hydrogen (secondary N) is 1. The average Bonchev–Trinajstić information content (AvgIpc) is 2.95. The molecule has 0 aromatic carbocycles. The van der Waals surface area contributed by atoms with Crippen LogP contribution in [0.1, 0.15) is 55.5 Å². The molecule has 0 spiro atoms. The molecule has 110 valence electrons. The van der Waals surface area contributed by atoms with E-state index in [0.29, 0.717) is 11.9 Å². The van der Waals surface area contributed by atoms with Gasteiger partial charge in [-0.2, -0.15) is 0 Å². The molecule has 4 heteroatoms. The van der Waals surface area contributed by atoms with E-state index in [1.165, 1.54) is 23.3 Å². The van der Waals surface area contributed by atoms with Crippen molar-refractivity contribution in [2.24, 2.45) is 0 Å². The molecular formula is C16H24N2OS. The molecule has 0 bridgehead atoms. The number of piperidine rings is 1. The highest BCUT2D eigenvalue weighted by atomic mass is 32.1. The summed E-state index contributed by atoms with van der Waals surface area (Å²) in [4.78, 5) is 16.4. The van der Waals surface area contributed by atoms with E-state index in [1.54, 1.807) is 0 Å². The second-order valence-corrected chi connectivity index (χ2v) is 6.89. The lowest BCUT2D eigenvalue weighted by Gasteiger charge is -2.40. The standard InChI is InChI=1S/C16H24N2OS/c1-2-9-17-13-5-4-10-18(16(13)19)14-6-3-7-15-12(14)8-11-20-15/h8,11,13-14,17H,2-7,9-10H2,1H3. The molecule has 1 aliphatic heterocycles. The van der Waals surface area contributed by atoms with Crippen molar-refractivity contribution < 1.29 is 4.79 Å². The van der Waals surface area contributed by atoms with Crippen molar-refractivity contribution in [1.29, 1.82) is 0 Å². The van der Waals surface area contributed by atoms with Crippen molar-refractivity contribution in [1.82, 2.24) is 10.2 Å². The molecule has 1 N–H and O–H groups in total. The number of amides is 1. The van der Waals surface area contributed by atoms with Crippen LogP contribution >= 0.6 is 11.3 Å². The SMILES string of the molecule is CCCNC1CCCN(C2CCCc3sccc32)C1=O. The number of hydrogen-bond acceptors (Lipinski definition) is 3. The van der Waals surface area contributed by atoms with E-state index in [9.17, 15) is 4.79 Å². The molecule has 1 aliphatic carbocycles. The molecule has 3 nitrogen and oxygen atoms in total. The van der Waals surface area contributed by atoms with Gasteiger partial charge in [-0.25, -0.2) is 0 Å². The average molecular weight is 292 g/mol. The Morgan fingerprint density at radius 2 is 2.30 bits per heavy atom. The molecule has 1 saturated heterocycles. The Hall–Kier alpha value is -0.870. The van der Waals surface area contributed by atoms with Gasteiger partial charge >= 0.3 is 0 Å². The number of hydrogen-bond donors (Lipinski definition) is 1. The number of carbonyl (C=O) groups is 1. The number of nitrogens with zero attached hydrogens (tertiary/aromatic N) is 1. The fourth-order valence-electron chi connectivity index (χ4n) is 3.50. The third-order valence-electron chi connectivity index (χ3n) is 4.51. The predicted octanol–water partition coefficient (Wildman–Crippen LogP) is 3.12. The smallest absolute Gasteiger partial charge is 0.240 e. The first-order valence-electron chi connectivity index (χ1n) is 7.91. The van der Waals surface area contributed by atoms with E-state index in [0.717, 1.165) is 38.8 Å². The van der Waals surface area contributed by atoms with Gasteiger partial charge < -0.3 is 10.2 Å². The number of aryl methyl sites for hydroxylation is 1. The van der Waals surface area contributed by atoms with Crippen LogP contribution in [0, 0.1) is 0 Å². The van der Waals surface area contributed by atoms with Gasteiger partial charge in [0.05, 0.1) is 12.1 Å². The monoisotopic (exact) mass is 292 g/mol. The molecule has 20 heavy (non-hydrogen) atoms. The van der Waals surface area contributed by atoms with Gasteiger partial charge in [0.2, 0.25) is 5.91 Å². The van der Waals surface area contributed by atoms with Crippen molar-refractivity contribution in [3.63, 3.8) is 0 Å². The molecule has 1 aromatic heterocycles. The van der Waals surface area contributed by atoms with E-state index < -0.39 is 0 Å². The largest absolute Gasteiger partial charge is 0.334 e. The molecule has 0 radical (unpaired) electrons. The third kappa shape index (κ3) is 2.63. The van der Waals surface area contributed by atoms with Crippen LogP contribution in [0.5, 0.6) is 0 Å². The Morgan fingerprint density at radius 3 is 3.15 bits per heavy atom. The van der Waals surface area contributed by atoms with Crippen molar-refractivity contribution in [2.45, 2.75) is 57.5 Å². The summed E-state index contributed by atoms with van der Waals surface area (Å²) in [5.74, 6) is 0.328. The lowest BCUT2D eigenvalue weighted by molar-refractivity contribution is -0.139. The van der Waals surface area contributed by atoms with Gasteiger partial charge in [-0.1, -0.05) is 6.92 Å². The van der Waals surface area contributed by atoms with Gasteiger partial charge in [0, 0.05) is 11.4 Å². The quantitative estimate of drug-likeness (QED) is 0.925. The highest BCUT2D eigenvalue weighted by Gasteiger charge is 2.35. The molecule has 2 aliphatic rings. The maximum atomic E-state index is 12.7. The van der Waals surface area contributed by atoms with E-state index >= 15 is 0 Å². The molecule has 1 amide bonds. The highest BCUT2D eigenvalue weighted by molar-refractivity contribution is 7.10. The van der Waals surface area contributed by atoms with Gasteiger partial charge in [-0.3, -0.25) is 4.79 Å². The van der Waals surface area contributed by atoms with Crippen LogP contribution in [0.25, 0.3) is 0 Å². The Bertz CT molecular complexity index is 471. The Morgan fingerprint density at radius 1 is 1.40 bits per heavy atom. The van der Waals surface area contributed by atoms with Crippen molar-refractivity contribution in [3.8, 4) is 0 Å². The van der Waals surface area contributed by atoms with Crippen LogP contribution in [0.15, 0.2) is 11.4 Å². The molecule has 2 heterocycles. The van der Waals surface area contributed by atoms with E-state index in [2.05, 4.69) is 28.6 Å². The minimum Gasteiger partial charge on any atom is -0.334 e. The summed E-state index contributed by atoms with van der Waals surface area (Å²) >= 11 is 1.86. The first kappa shape index (κ1) is 14.1. The predicted molar refractivity (Wildman–Crippen MR) is 83.0 cm³/mol. The lowest BCUT2D eigenvalue weighted by atomic mass is 9.90. The first-order chi connectivity index (χ1) is 9.81. The van der Waals surface area contributed by atoms with Gasteiger partial charge in [0.1, 0.15) is 0 Å². The van der Waals surface area contributed by atoms with Crippen LogP contribution in [0.4, 0.5) is 0 Å². The zero-order chi connectivity index (χ0) is 13.9. The summed E-state index contributed by atoms with van der Waals surface area (Å²) < 4.78 is 0. The van der Waals surface area contributed by atoms with Crippen LogP contribution in [0.3, 0.4) is 0 Å². The van der Waals surface area contributed by atoms with Crippen LogP contribution < -0.4 is 5.32 Å². The van der Waals surface area contributed by atoms with Gasteiger partial charge in [-0.05, 0) is 62.1 Å². The second-order valence-electron chi connectivity index (χ2n) is 5.89. The molecule has 0 saturated carbocycles. The van der Waals surface area contributed by atoms with E-state index in [1.807, 2.05) is 11.3 Å². The molecule has 2 unspecified atom stereocenters. The van der Waals surface area contributed by atoms with Gasteiger partial charge in [0.15, 0.2) is 0 Å². The van der Waals surface area contributed by atoms with Crippen molar-refractivity contribution in [2.75, 3.05) is 13.1 Å². The highest BCUT2D eigenvalue weighted by Crippen LogP contribution is 2.38. The number of rotatable bonds is 4. The van der Waals surface area contributed by atoms with E-state index in [-0.39, 0.29) is 6.04 Å². The normalized spacial score (nSPS) is 26.6. The zero-order valence-corrected chi connectivity index (χ0v) is 13.0. The molecule has 1 fully saturated rings. The minimum absolute atomic E-state index is 0.0488. The number of thiophene rings is 1. The maximum Gasteiger partial charge on any atom is 0.240 e. The summed E-state index contributed by atoms with van der Waals surface area (Å²) in [6, 6.07) is 2.62. The summed E-state index contributed by atoms with van der Waals surface area (Å²) in [5, 5.41) is 5.60. The molecule has 3 rings (SSSR count). The summed E-state index contributed by atoms with van der Waals surface area (Å²) in [5.41, 5.74) is 1.42. The maximum absolute atomic E-state index is 12.7. The summed E-state index contributed by atoms with van der Waals surface area (Å²) in [6.45, 7) is 4.03. The molecule has 2 atom stereocenters. The van der Waals surface area contributed by atoms with Crippen LogP contribution in [-0.2, 0) is 11.2 Å². The van der Waals surface area contributed by atoms with E-state index in [4.69, 9.17) is 0 Å². The fourth-order valence-corrected chi connectivity index (χ4v) is 4.48. The van der Waals surface area contributed by atoms with Crippen LogP contribution in [0.2, 0.25) is 0 Å². The molecular weight excluding hydrogens is 268 g/mol. The number of likely N-dealkylation sites (tertiary alicyclic amines) is 1. The lowest BCUT2D eigenvalue weighted by Crippen LogP contribution is -2.52. The minimum atomic E-state index is 0.0488. The first-order valence-corrected chi connectivity index (χ1v) is 8.79. The molecule has 1 aromatic rings. The zero-order valence-electron chi connectivity index (χ0n) is 12.2. The van der Waals surface area contributed by atoms with Crippen molar-refractivity contribution >= 4 is 17.2 Å². The Labute approximate surface area is 125 Å². The third-order valence-corrected chi connectivity index (χ3v) is 5.51. The van der Waals surface area contributed by atoms with Crippen molar-refractivity contribution in [3.05, 3.63) is 21.9 Å². The number of carbonyl (C=O) groups excluding carboxylic acids is 1. The van der Waals surface area contributed by atoms with Gasteiger partial charge in [0.25, 0.3) is 0 Å². The van der Waals surface area contributed by atoms with Crippen LogP contribution in [-0.4, -0.2) is 29.9 Å². The topological polar surface area (TPSA) is 32.3 Å². The Kier molecular flexibility index (Phi) is 4.41. The number of fused-ring (bicyclic) bond motifs is 1. The summed E-state index contributed by atoms with van der Waals surface area (Å²) in [6.07, 6.45) is 6.76. The second kappa shape index (κ2) is 6.27. The van der Waals surface area contributed by atoms with Gasteiger partial charge in [-0.15, -0.1) is 11.3 Å².